The first kappa shape index (κ1) is 48.1. The van der Waals surface area contributed by atoms with Crippen LogP contribution >= 0.6 is 11.1 Å². The van der Waals surface area contributed by atoms with Gasteiger partial charge in [-0.3, -0.25) is 14.4 Å². The Morgan fingerprint density at radius 3 is 1.96 bits per heavy atom. The van der Waals surface area contributed by atoms with E-state index in [1.807, 2.05) is 13.8 Å². The SMILES string of the molecule is CC(C)(C)[Si](C)(C)Cl.CC[C@H](C)C(=O)OC.COC(=O)[C@@H](C)CO.Cc1cc(O)c2c(c1)C=CC[C@H](O)[C@H](O)C(=O)/C=C\[C@@H](C)COC2=O. The van der Waals surface area contributed by atoms with Gasteiger partial charge >= 0.3 is 17.9 Å². The van der Waals surface area contributed by atoms with Crippen LogP contribution in [-0.2, 0) is 28.6 Å². The number of cyclic esters (lactones) is 1. The molecule has 0 aliphatic carbocycles. The highest BCUT2D eigenvalue weighted by molar-refractivity contribution is 7.20. The van der Waals surface area contributed by atoms with Crippen LogP contribution in [0.25, 0.3) is 6.08 Å². The lowest BCUT2D eigenvalue weighted by Gasteiger charge is -2.29. The second kappa shape index (κ2) is 23.4. The van der Waals surface area contributed by atoms with E-state index in [4.69, 9.17) is 20.9 Å². The summed E-state index contributed by atoms with van der Waals surface area (Å²) in [5.41, 5.74) is 1.24. The zero-order chi connectivity index (χ0) is 38.7. The number of methoxy groups -OCH3 is 2. The van der Waals surface area contributed by atoms with Crippen molar-refractivity contribution in [2.75, 3.05) is 27.4 Å². The number of carbonyl (C=O) groups is 4. The van der Waals surface area contributed by atoms with Crippen molar-refractivity contribution in [2.45, 2.75) is 98.6 Å². The number of ether oxygens (including phenoxy) is 3. The largest absolute Gasteiger partial charge is 0.507 e. The van der Waals surface area contributed by atoms with E-state index in [-0.39, 0.29) is 60.6 Å². The van der Waals surface area contributed by atoms with Gasteiger partial charge in [-0.05, 0) is 55.0 Å². The Bertz CT molecular complexity index is 1210. The van der Waals surface area contributed by atoms with E-state index in [9.17, 15) is 34.5 Å². The number of halogens is 1. The lowest BCUT2D eigenvalue weighted by atomic mass is 10.00. The third kappa shape index (κ3) is 19.1. The second-order valence-electron chi connectivity index (χ2n) is 13.4. The number of esters is 3. The number of hydrogen-bond donors (Lipinski definition) is 4. The van der Waals surface area contributed by atoms with Gasteiger partial charge in [0.25, 0.3) is 0 Å². The van der Waals surface area contributed by atoms with Crippen LogP contribution in [0.15, 0.2) is 30.4 Å². The molecule has 0 saturated heterocycles. The molecule has 1 aliphatic heterocycles. The number of aryl methyl sites for hydroxylation is 1. The van der Waals surface area contributed by atoms with Gasteiger partial charge in [-0.2, -0.15) is 11.1 Å². The molecule has 1 aromatic carbocycles. The molecule has 1 aromatic rings. The van der Waals surface area contributed by atoms with Crippen molar-refractivity contribution in [3.63, 3.8) is 0 Å². The summed E-state index contributed by atoms with van der Waals surface area (Å²) in [5.74, 6) is -2.55. The summed E-state index contributed by atoms with van der Waals surface area (Å²) in [6, 6.07) is 3.17. The van der Waals surface area contributed by atoms with Crippen molar-refractivity contribution < 1.29 is 53.8 Å². The van der Waals surface area contributed by atoms with Gasteiger partial charge in [0.15, 0.2) is 13.2 Å². The molecule has 49 heavy (non-hydrogen) atoms. The van der Waals surface area contributed by atoms with Crippen molar-refractivity contribution in [3.8, 4) is 5.75 Å². The van der Waals surface area contributed by atoms with E-state index in [1.54, 1.807) is 32.9 Å². The van der Waals surface area contributed by atoms with Gasteiger partial charge in [0.05, 0.1) is 45.4 Å². The Hall–Kier alpha value is -3.03. The van der Waals surface area contributed by atoms with Crippen LogP contribution in [0.4, 0.5) is 0 Å². The minimum atomic E-state index is -1.52. The summed E-state index contributed by atoms with van der Waals surface area (Å²) in [4.78, 5) is 45.0. The smallest absolute Gasteiger partial charge is 0.342 e. The van der Waals surface area contributed by atoms with Gasteiger partial charge in [-0.1, -0.05) is 78.9 Å². The molecule has 13 heteroatoms. The number of aliphatic hydroxyl groups is 3. The second-order valence-corrected chi connectivity index (χ2v) is 20.7. The van der Waals surface area contributed by atoms with E-state index in [1.165, 1.54) is 38.5 Å². The predicted octanol–water partition coefficient (Wildman–Crippen LogP) is 5.98. The molecule has 5 atom stereocenters. The van der Waals surface area contributed by atoms with Gasteiger partial charge in [0.2, 0.25) is 0 Å². The third-order valence-corrected chi connectivity index (χ3v) is 13.0. The number of carbonyl (C=O) groups excluding carboxylic acids is 4. The van der Waals surface area contributed by atoms with Crippen LogP contribution in [0.1, 0.15) is 82.8 Å². The lowest BCUT2D eigenvalue weighted by molar-refractivity contribution is -0.146. The van der Waals surface area contributed by atoms with Crippen molar-refractivity contribution >= 4 is 48.2 Å². The Labute approximate surface area is 298 Å². The topological polar surface area (TPSA) is 177 Å². The van der Waals surface area contributed by atoms with Crippen molar-refractivity contribution in [1.82, 2.24) is 0 Å². The first-order valence-corrected chi connectivity index (χ1v) is 20.2. The number of aromatic hydroxyl groups is 1. The van der Waals surface area contributed by atoms with Crippen molar-refractivity contribution in [2.24, 2.45) is 17.8 Å². The molecule has 0 unspecified atom stereocenters. The Balaban J connectivity index is 0. The molecule has 11 nitrogen and oxygen atoms in total. The van der Waals surface area contributed by atoms with Gasteiger partial charge in [0.1, 0.15) is 17.4 Å². The average molecular weight is 731 g/mol. The highest BCUT2D eigenvalue weighted by atomic mass is 35.6. The summed E-state index contributed by atoms with van der Waals surface area (Å²) in [5, 5.41) is 38.6. The normalized spacial score (nSPS) is 20.0. The summed E-state index contributed by atoms with van der Waals surface area (Å²) in [7, 11) is 1.32. The molecule has 4 N–H and O–H groups in total. The number of phenolic OH excluding ortho intramolecular Hbond substituents is 1. The first-order chi connectivity index (χ1) is 22.5. The van der Waals surface area contributed by atoms with Crippen molar-refractivity contribution in [3.05, 3.63) is 47.1 Å². The van der Waals surface area contributed by atoms with Gasteiger partial charge < -0.3 is 34.6 Å². The fraction of sp³-hybridized carbons (Fsp3) is 0.611. The molecule has 0 bridgehead atoms. The van der Waals surface area contributed by atoms with Gasteiger partial charge in [-0.25, -0.2) is 4.79 Å². The van der Waals surface area contributed by atoms with Gasteiger partial charge in [-0.15, -0.1) is 0 Å². The minimum absolute atomic E-state index is 0.0116. The molecule has 1 heterocycles. The molecule has 0 spiro atoms. The van der Waals surface area contributed by atoms with Gasteiger partial charge in [0, 0.05) is 5.92 Å². The number of fused-ring (bicyclic) bond motifs is 1. The number of phenols is 1. The van der Waals surface area contributed by atoms with Crippen LogP contribution in [-0.4, -0.2) is 91.1 Å². The standard InChI is InChI=1S/C19H22O6.C6H15ClSi.C6H12O2.C5H10O3/c1-11-6-7-15(21)18(23)14(20)5-3-4-13-8-12(2)9-16(22)17(13)19(24)25-10-11;1-6(2,3)8(4,5)7;1-4-5(2)6(7)8-3;1-4(3-6)5(7)8-2/h3-4,6-9,11,14,18,20,22-23H,5,10H2,1-2H3;1-5H3;5H,4H2,1-3H3;4,6H,3H2,1-2H3/b4-3?,7-6-;;;/t11-,14+,18+;;5-;4-/m1.00/s1. The van der Waals surface area contributed by atoms with Crippen LogP contribution in [0.3, 0.4) is 0 Å². The Morgan fingerprint density at radius 2 is 1.55 bits per heavy atom. The maximum Gasteiger partial charge on any atom is 0.342 e. The maximum atomic E-state index is 12.3. The lowest BCUT2D eigenvalue weighted by Crippen LogP contribution is -2.32. The molecular weight excluding hydrogens is 672 g/mol. The number of hydrogen-bond acceptors (Lipinski definition) is 11. The highest BCUT2D eigenvalue weighted by Gasteiger charge is 2.32. The minimum Gasteiger partial charge on any atom is -0.507 e. The summed E-state index contributed by atoms with van der Waals surface area (Å²) in [6.07, 6.45) is 3.84. The Kier molecular flexibility index (Phi) is 22.9. The number of benzene rings is 1. The van der Waals surface area contributed by atoms with Crippen LogP contribution in [0, 0.1) is 24.7 Å². The number of rotatable bonds is 4. The number of ketones is 1. The molecule has 1 aliphatic rings. The average Bonchev–Trinajstić information content (AvgIpc) is 3.03. The fourth-order valence-corrected chi connectivity index (χ4v) is 3.14. The van der Waals surface area contributed by atoms with Crippen LogP contribution < -0.4 is 0 Å². The van der Waals surface area contributed by atoms with E-state index < -0.39 is 31.3 Å². The predicted molar refractivity (Wildman–Crippen MR) is 195 cm³/mol. The molecule has 0 fully saturated rings. The molecule has 0 amide bonds. The zero-order valence-electron chi connectivity index (χ0n) is 31.2. The zero-order valence-corrected chi connectivity index (χ0v) is 33.0. The molecule has 0 aromatic heterocycles. The van der Waals surface area contributed by atoms with E-state index in [2.05, 4.69) is 43.3 Å². The molecule has 2 rings (SSSR count). The molecule has 0 radical (unpaired) electrons. The fourth-order valence-electron chi connectivity index (χ4n) is 3.14. The maximum absolute atomic E-state index is 12.3. The van der Waals surface area contributed by atoms with E-state index in [0.717, 1.165) is 12.0 Å². The first-order valence-electron chi connectivity index (χ1n) is 16.2. The number of aliphatic hydroxyl groups excluding tert-OH is 3. The van der Waals surface area contributed by atoms with Crippen LogP contribution in [0.2, 0.25) is 18.1 Å². The van der Waals surface area contributed by atoms with Crippen LogP contribution in [0.5, 0.6) is 5.75 Å². The summed E-state index contributed by atoms with van der Waals surface area (Å²) >= 11 is 6.15. The Morgan fingerprint density at radius 1 is 1.04 bits per heavy atom. The van der Waals surface area contributed by atoms with E-state index in [0.29, 0.717) is 10.6 Å². The third-order valence-electron chi connectivity index (χ3n) is 7.77. The monoisotopic (exact) mass is 730 g/mol. The summed E-state index contributed by atoms with van der Waals surface area (Å²) in [6.45, 7) is 19.7. The molecule has 0 saturated carbocycles. The highest BCUT2D eigenvalue weighted by Crippen LogP contribution is 2.38. The van der Waals surface area contributed by atoms with E-state index >= 15 is 0 Å². The van der Waals surface area contributed by atoms with Crippen molar-refractivity contribution in [1.29, 1.82) is 0 Å². The molecular formula is C36H59ClO11Si. The summed E-state index contributed by atoms with van der Waals surface area (Å²) < 4.78 is 14.0. The quantitative estimate of drug-likeness (QED) is 0.124. The molecule has 280 valence electrons.